The number of aromatic nitrogens is 2. The van der Waals surface area contributed by atoms with Gasteiger partial charge in [-0.2, -0.15) is 0 Å². The molecule has 7 nitrogen and oxygen atoms in total. The van der Waals surface area contributed by atoms with Crippen molar-refractivity contribution in [3.63, 3.8) is 0 Å². The van der Waals surface area contributed by atoms with Gasteiger partial charge in [0.1, 0.15) is 5.69 Å². The van der Waals surface area contributed by atoms with Crippen LogP contribution in [0, 0.1) is 0 Å². The highest BCUT2D eigenvalue weighted by atomic mass is 16.5. The number of nitrogens with two attached hydrogens (primary N) is 1. The highest BCUT2D eigenvalue weighted by Crippen LogP contribution is 2.17. The summed E-state index contributed by atoms with van der Waals surface area (Å²) in [6, 6.07) is 6.99. The van der Waals surface area contributed by atoms with E-state index in [1.54, 1.807) is 29.7 Å². The van der Waals surface area contributed by atoms with Gasteiger partial charge in [0.25, 0.3) is 5.91 Å². The van der Waals surface area contributed by atoms with Gasteiger partial charge in [-0.05, 0) is 37.5 Å². The van der Waals surface area contributed by atoms with Gasteiger partial charge in [0.15, 0.2) is 0 Å². The van der Waals surface area contributed by atoms with Gasteiger partial charge in [0, 0.05) is 6.20 Å². The number of carbonyl (C=O) groups excluding carboxylic acids is 2. The third kappa shape index (κ3) is 4.42. The number of amides is 1. The van der Waals surface area contributed by atoms with Crippen molar-refractivity contribution in [2.24, 2.45) is 5.73 Å². The second kappa shape index (κ2) is 8.26. The van der Waals surface area contributed by atoms with Crippen molar-refractivity contribution in [3.05, 3.63) is 53.6 Å². The molecular weight excluding hydrogens is 310 g/mol. The van der Waals surface area contributed by atoms with Crippen LogP contribution >= 0.6 is 0 Å². The van der Waals surface area contributed by atoms with E-state index in [9.17, 15) is 14.7 Å². The zero-order chi connectivity index (χ0) is 17.5. The number of aliphatic hydroxyl groups excluding tert-OH is 1. The summed E-state index contributed by atoms with van der Waals surface area (Å²) >= 11 is 0. The first-order chi connectivity index (χ1) is 11.5. The molecule has 1 unspecified atom stereocenters. The number of nitrogens with zero attached hydrogens (tertiary/aromatic N) is 2. The topological polar surface area (TPSA) is 107 Å². The summed E-state index contributed by atoms with van der Waals surface area (Å²) in [6.45, 7) is 2.00. The lowest BCUT2D eigenvalue weighted by molar-refractivity contribution is 0.0526. The summed E-state index contributed by atoms with van der Waals surface area (Å²) in [5.41, 5.74) is 6.82. The summed E-state index contributed by atoms with van der Waals surface area (Å²) in [7, 11) is 0. The van der Waals surface area contributed by atoms with Gasteiger partial charge in [-0.25, -0.2) is 9.78 Å². The van der Waals surface area contributed by atoms with E-state index in [1.165, 1.54) is 12.5 Å². The molecule has 0 saturated heterocycles. The summed E-state index contributed by atoms with van der Waals surface area (Å²) in [4.78, 5) is 26.8. The fraction of sp³-hybridized carbons (Fsp3) is 0.353. The van der Waals surface area contributed by atoms with Gasteiger partial charge in [0.05, 0.1) is 31.1 Å². The Morgan fingerprint density at radius 1 is 1.42 bits per heavy atom. The highest BCUT2D eigenvalue weighted by Gasteiger charge is 2.14. The maximum absolute atomic E-state index is 11.8. The van der Waals surface area contributed by atoms with Crippen LogP contribution in [0.2, 0.25) is 0 Å². The predicted molar refractivity (Wildman–Crippen MR) is 87.6 cm³/mol. The van der Waals surface area contributed by atoms with Crippen LogP contribution in [-0.2, 0) is 11.2 Å². The van der Waals surface area contributed by atoms with Crippen LogP contribution < -0.4 is 5.73 Å². The lowest BCUT2D eigenvalue weighted by Crippen LogP contribution is -2.14. The number of hydrogen-bond acceptors (Lipinski definition) is 5. The van der Waals surface area contributed by atoms with Gasteiger partial charge < -0.3 is 20.1 Å². The number of aliphatic hydroxyl groups is 1. The smallest absolute Gasteiger partial charge is 0.338 e. The zero-order valence-electron chi connectivity index (χ0n) is 13.5. The average Bonchev–Trinajstić information content (AvgIpc) is 3.06. The fourth-order valence-electron chi connectivity index (χ4n) is 2.40. The molecule has 24 heavy (non-hydrogen) atoms. The number of rotatable bonds is 8. The lowest BCUT2D eigenvalue weighted by atomic mass is 10.0. The molecule has 0 aliphatic carbocycles. The Bertz CT molecular complexity index is 711. The van der Waals surface area contributed by atoms with Crippen LogP contribution in [0.1, 0.15) is 45.8 Å². The number of carbonyl (C=O) groups is 2. The Balaban J connectivity index is 2.03. The molecule has 1 aromatic carbocycles. The van der Waals surface area contributed by atoms with Crippen LogP contribution in [0.15, 0.2) is 36.8 Å². The Labute approximate surface area is 140 Å². The molecule has 2 aromatic rings. The van der Waals surface area contributed by atoms with Crippen LogP contribution in [0.25, 0.3) is 0 Å². The third-order valence-electron chi connectivity index (χ3n) is 3.69. The second-order valence-corrected chi connectivity index (χ2v) is 5.37. The molecule has 0 radical (unpaired) electrons. The van der Waals surface area contributed by atoms with E-state index in [2.05, 4.69) is 4.98 Å². The number of ether oxygens (including phenoxy) is 1. The number of aryl methyl sites for hydroxylation is 1. The fourth-order valence-corrected chi connectivity index (χ4v) is 2.40. The molecule has 0 aliphatic rings. The highest BCUT2D eigenvalue weighted by molar-refractivity contribution is 5.90. The standard InChI is InChI=1S/C17H21N3O4/c1-2-24-17(23)13-5-3-4-12(8-13)6-7-14(10-21)20-9-15(16(18)22)19-11-20/h3-5,8-9,11,14,21H,2,6-7,10H2,1H3,(H2,18,22). The lowest BCUT2D eigenvalue weighted by Gasteiger charge is -2.15. The largest absolute Gasteiger partial charge is 0.462 e. The molecule has 3 N–H and O–H groups in total. The minimum absolute atomic E-state index is 0.0911. The number of benzene rings is 1. The summed E-state index contributed by atoms with van der Waals surface area (Å²) in [5, 5.41) is 9.58. The number of primary amides is 1. The second-order valence-electron chi connectivity index (χ2n) is 5.37. The molecule has 0 spiro atoms. The van der Waals surface area contributed by atoms with Crippen molar-refractivity contribution in [2.45, 2.75) is 25.8 Å². The Morgan fingerprint density at radius 2 is 2.21 bits per heavy atom. The van der Waals surface area contributed by atoms with Gasteiger partial charge >= 0.3 is 5.97 Å². The predicted octanol–water partition coefficient (Wildman–Crippen LogP) is 1.32. The van der Waals surface area contributed by atoms with Crippen molar-refractivity contribution in [3.8, 4) is 0 Å². The number of imidazole rings is 1. The summed E-state index contributed by atoms with van der Waals surface area (Å²) < 4.78 is 6.66. The van der Waals surface area contributed by atoms with E-state index in [-0.39, 0.29) is 24.3 Å². The van der Waals surface area contributed by atoms with E-state index in [0.29, 0.717) is 25.0 Å². The Hall–Kier alpha value is -2.67. The molecular formula is C17H21N3O4. The van der Waals surface area contributed by atoms with Crippen LogP contribution in [-0.4, -0.2) is 39.7 Å². The molecule has 7 heteroatoms. The molecule has 1 amide bonds. The van der Waals surface area contributed by atoms with E-state index < -0.39 is 5.91 Å². The monoisotopic (exact) mass is 331 g/mol. The van der Waals surface area contributed by atoms with E-state index in [1.807, 2.05) is 6.07 Å². The van der Waals surface area contributed by atoms with Gasteiger partial charge in [0.2, 0.25) is 0 Å². The maximum Gasteiger partial charge on any atom is 0.338 e. The molecule has 1 atom stereocenters. The van der Waals surface area contributed by atoms with Crippen LogP contribution in [0.3, 0.4) is 0 Å². The van der Waals surface area contributed by atoms with Crippen LogP contribution in [0.4, 0.5) is 0 Å². The van der Waals surface area contributed by atoms with Crippen molar-refractivity contribution < 1.29 is 19.4 Å². The first kappa shape index (κ1) is 17.7. The summed E-state index contributed by atoms with van der Waals surface area (Å²) in [5.74, 6) is -0.952. The molecule has 2 rings (SSSR count). The van der Waals surface area contributed by atoms with Crippen molar-refractivity contribution in [2.75, 3.05) is 13.2 Å². The number of esters is 1. The van der Waals surface area contributed by atoms with E-state index >= 15 is 0 Å². The van der Waals surface area contributed by atoms with Gasteiger partial charge in [-0.3, -0.25) is 4.79 Å². The Kier molecular flexibility index (Phi) is 6.08. The molecule has 0 fully saturated rings. The zero-order valence-corrected chi connectivity index (χ0v) is 13.5. The minimum Gasteiger partial charge on any atom is -0.462 e. The van der Waals surface area contributed by atoms with Crippen molar-refractivity contribution in [1.29, 1.82) is 0 Å². The first-order valence-corrected chi connectivity index (χ1v) is 7.75. The maximum atomic E-state index is 11.8. The number of hydrogen-bond donors (Lipinski definition) is 2. The van der Waals surface area contributed by atoms with Gasteiger partial charge in [-0.15, -0.1) is 0 Å². The minimum atomic E-state index is -0.604. The molecule has 0 saturated carbocycles. The molecule has 0 aliphatic heterocycles. The molecule has 1 heterocycles. The third-order valence-corrected chi connectivity index (χ3v) is 3.69. The molecule has 128 valence electrons. The van der Waals surface area contributed by atoms with E-state index in [4.69, 9.17) is 10.5 Å². The normalized spacial score (nSPS) is 11.9. The molecule has 1 aromatic heterocycles. The van der Waals surface area contributed by atoms with E-state index in [0.717, 1.165) is 5.56 Å². The average molecular weight is 331 g/mol. The summed E-state index contributed by atoms with van der Waals surface area (Å²) in [6.07, 6.45) is 4.29. The quantitative estimate of drug-likeness (QED) is 0.709. The first-order valence-electron chi connectivity index (χ1n) is 7.75. The van der Waals surface area contributed by atoms with Crippen molar-refractivity contribution in [1.82, 2.24) is 9.55 Å². The van der Waals surface area contributed by atoms with Crippen molar-refractivity contribution >= 4 is 11.9 Å². The van der Waals surface area contributed by atoms with Crippen LogP contribution in [0.5, 0.6) is 0 Å². The SMILES string of the molecule is CCOC(=O)c1cccc(CCC(CO)n2cnc(C(N)=O)c2)c1. The Morgan fingerprint density at radius 3 is 2.83 bits per heavy atom. The molecule has 0 bridgehead atoms. The van der Waals surface area contributed by atoms with Gasteiger partial charge in [-0.1, -0.05) is 12.1 Å².